The van der Waals surface area contributed by atoms with Crippen LogP contribution in [0, 0.1) is 11.6 Å². The first-order valence-corrected chi connectivity index (χ1v) is 6.23. The van der Waals surface area contributed by atoms with E-state index in [0.717, 1.165) is 12.1 Å². The first-order valence-electron chi connectivity index (χ1n) is 6.23. The molecule has 1 amide bonds. The van der Waals surface area contributed by atoms with Crippen LogP contribution in [0.3, 0.4) is 0 Å². The van der Waals surface area contributed by atoms with E-state index in [4.69, 9.17) is 9.84 Å². The Morgan fingerprint density at radius 1 is 1.24 bits per heavy atom. The van der Waals surface area contributed by atoms with E-state index in [1.165, 1.54) is 6.92 Å². The van der Waals surface area contributed by atoms with Crippen LogP contribution in [0.5, 0.6) is 0 Å². The number of nitrogens with one attached hydrogen (secondary N) is 1. The highest BCUT2D eigenvalue weighted by molar-refractivity contribution is 5.85. The Bertz CT molecular complexity index is 544. The summed E-state index contributed by atoms with van der Waals surface area (Å²) in [5, 5.41) is 11.0. The Balaban J connectivity index is 2.99. The van der Waals surface area contributed by atoms with Gasteiger partial charge in [-0.05, 0) is 39.8 Å². The van der Waals surface area contributed by atoms with Gasteiger partial charge in [-0.1, -0.05) is 0 Å². The molecule has 5 nitrogen and oxygen atoms in total. The summed E-state index contributed by atoms with van der Waals surface area (Å²) in [5.74, 6) is -4.77. The number of aliphatic carboxylic acids is 1. The van der Waals surface area contributed by atoms with Gasteiger partial charge < -0.3 is 9.84 Å². The van der Waals surface area contributed by atoms with Gasteiger partial charge in [-0.25, -0.2) is 13.6 Å². The van der Waals surface area contributed by atoms with E-state index in [2.05, 4.69) is 5.32 Å². The zero-order valence-electron chi connectivity index (χ0n) is 12.2. The zero-order chi connectivity index (χ0) is 16.4. The fourth-order valence-corrected chi connectivity index (χ4v) is 1.62. The molecule has 1 unspecified atom stereocenters. The van der Waals surface area contributed by atoms with Crippen LogP contribution in [0.1, 0.15) is 39.2 Å². The smallest absolute Gasteiger partial charge is 0.412 e. The van der Waals surface area contributed by atoms with Gasteiger partial charge in [0.2, 0.25) is 0 Å². The van der Waals surface area contributed by atoms with Crippen LogP contribution < -0.4 is 5.32 Å². The number of hydrogen-bond donors (Lipinski definition) is 2. The molecule has 7 heteroatoms. The van der Waals surface area contributed by atoms with Crippen molar-refractivity contribution in [2.75, 3.05) is 5.32 Å². The lowest BCUT2D eigenvalue weighted by atomic mass is 9.99. The molecular formula is C14H17F2NO4. The van der Waals surface area contributed by atoms with Crippen molar-refractivity contribution in [3.63, 3.8) is 0 Å². The molecule has 1 atom stereocenters. The Kier molecular flexibility index (Phi) is 4.88. The Morgan fingerprint density at radius 3 is 2.10 bits per heavy atom. The maximum atomic E-state index is 13.8. The van der Waals surface area contributed by atoms with E-state index >= 15 is 0 Å². The molecule has 0 radical (unpaired) electrons. The Morgan fingerprint density at radius 2 is 1.71 bits per heavy atom. The van der Waals surface area contributed by atoms with Gasteiger partial charge in [0.15, 0.2) is 0 Å². The van der Waals surface area contributed by atoms with E-state index in [1.807, 2.05) is 0 Å². The van der Waals surface area contributed by atoms with Crippen LogP contribution in [0.15, 0.2) is 12.1 Å². The second-order valence-electron chi connectivity index (χ2n) is 5.54. The van der Waals surface area contributed by atoms with Crippen molar-refractivity contribution in [3.8, 4) is 0 Å². The van der Waals surface area contributed by atoms with E-state index < -0.39 is 40.8 Å². The molecule has 0 spiro atoms. The molecule has 1 rings (SSSR count). The number of carbonyl (C=O) groups is 2. The van der Waals surface area contributed by atoms with Crippen molar-refractivity contribution in [2.45, 2.75) is 39.2 Å². The maximum absolute atomic E-state index is 13.8. The summed E-state index contributed by atoms with van der Waals surface area (Å²) in [4.78, 5) is 22.3. The van der Waals surface area contributed by atoms with Crippen LogP contribution in [0.4, 0.5) is 19.3 Å². The number of amides is 1. The third-order valence-corrected chi connectivity index (χ3v) is 2.53. The molecule has 1 aromatic carbocycles. The summed E-state index contributed by atoms with van der Waals surface area (Å²) in [5.41, 5.74) is -1.46. The van der Waals surface area contributed by atoms with Gasteiger partial charge in [0.1, 0.15) is 17.2 Å². The zero-order valence-corrected chi connectivity index (χ0v) is 12.2. The fourth-order valence-electron chi connectivity index (χ4n) is 1.62. The van der Waals surface area contributed by atoms with Gasteiger partial charge in [-0.15, -0.1) is 0 Å². The average Bonchev–Trinajstić information content (AvgIpc) is 2.24. The number of rotatable bonds is 3. The number of anilines is 1. The summed E-state index contributed by atoms with van der Waals surface area (Å²) >= 11 is 0. The number of halogens is 2. The van der Waals surface area contributed by atoms with Gasteiger partial charge >= 0.3 is 12.1 Å². The lowest BCUT2D eigenvalue weighted by Gasteiger charge is -2.20. The quantitative estimate of drug-likeness (QED) is 0.896. The second kappa shape index (κ2) is 6.07. The Hall–Kier alpha value is -2.18. The minimum Gasteiger partial charge on any atom is -0.481 e. The van der Waals surface area contributed by atoms with Crippen molar-refractivity contribution in [2.24, 2.45) is 0 Å². The highest BCUT2D eigenvalue weighted by Gasteiger charge is 2.24. The lowest BCUT2D eigenvalue weighted by molar-refractivity contribution is -0.138. The maximum Gasteiger partial charge on any atom is 0.412 e. The predicted molar refractivity (Wildman–Crippen MR) is 72.3 cm³/mol. The molecular weight excluding hydrogens is 284 g/mol. The van der Waals surface area contributed by atoms with Gasteiger partial charge in [0.25, 0.3) is 0 Å². The van der Waals surface area contributed by atoms with Crippen LogP contribution in [-0.4, -0.2) is 22.8 Å². The number of benzene rings is 1. The molecule has 1 aromatic rings. The fraction of sp³-hybridized carbons (Fsp3) is 0.429. The molecule has 0 fully saturated rings. The van der Waals surface area contributed by atoms with Gasteiger partial charge in [-0.3, -0.25) is 10.1 Å². The SMILES string of the molecule is CC(C(=O)O)c1c(F)cc(NC(=O)OC(C)(C)C)cc1F. The lowest BCUT2D eigenvalue weighted by Crippen LogP contribution is -2.27. The minimum atomic E-state index is -1.35. The summed E-state index contributed by atoms with van der Waals surface area (Å²) in [6.45, 7) is 6.10. The summed E-state index contributed by atoms with van der Waals surface area (Å²) in [6, 6.07) is 1.70. The normalized spacial score (nSPS) is 12.7. The van der Waals surface area contributed by atoms with Crippen LogP contribution in [0.25, 0.3) is 0 Å². The van der Waals surface area contributed by atoms with E-state index in [0.29, 0.717) is 0 Å². The molecule has 0 saturated carbocycles. The number of carbonyl (C=O) groups excluding carboxylic acids is 1. The van der Waals surface area contributed by atoms with Gasteiger partial charge in [-0.2, -0.15) is 0 Å². The topological polar surface area (TPSA) is 75.6 Å². The third-order valence-electron chi connectivity index (χ3n) is 2.53. The van der Waals surface area contributed by atoms with Crippen LogP contribution in [0.2, 0.25) is 0 Å². The largest absolute Gasteiger partial charge is 0.481 e. The van der Waals surface area contributed by atoms with E-state index in [-0.39, 0.29) is 5.69 Å². The molecule has 0 bridgehead atoms. The highest BCUT2D eigenvalue weighted by Crippen LogP contribution is 2.26. The molecule has 0 aliphatic heterocycles. The average molecular weight is 301 g/mol. The van der Waals surface area contributed by atoms with Crippen molar-refractivity contribution < 1.29 is 28.2 Å². The highest BCUT2D eigenvalue weighted by atomic mass is 19.1. The van der Waals surface area contributed by atoms with Crippen molar-refractivity contribution in [1.82, 2.24) is 0 Å². The van der Waals surface area contributed by atoms with E-state index in [1.54, 1.807) is 20.8 Å². The standard InChI is InChI=1S/C14H17F2NO4/c1-7(12(18)19)11-9(15)5-8(6-10(11)16)17-13(20)21-14(2,3)4/h5-7H,1-4H3,(H,17,20)(H,18,19). The van der Waals surface area contributed by atoms with Crippen molar-refractivity contribution >= 4 is 17.7 Å². The van der Waals surface area contributed by atoms with Gasteiger partial charge in [0.05, 0.1) is 5.92 Å². The minimum absolute atomic E-state index is 0.152. The molecule has 0 aliphatic rings. The van der Waals surface area contributed by atoms with E-state index in [9.17, 15) is 18.4 Å². The first kappa shape index (κ1) is 16.9. The second-order valence-corrected chi connectivity index (χ2v) is 5.54. The van der Waals surface area contributed by atoms with Crippen LogP contribution >= 0.6 is 0 Å². The monoisotopic (exact) mass is 301 g/mol. The summed E-state index contributed by atoms with van der Waals surface area (Å²) in [6.07, 6.45) is -0.861. The number of ether oxygens (including phenoxy) is 1. The molecule has 2 N–H and O–H groups in total. The summed E-state index contributed by atoms with van der Waals surface area (Å²) < 4.78 is 32.6. The number of carboxylic acids is 1. The molecule has 0 saturated heterocycles. The molecule has 116 valence electrons. The van der Waals surface area contributed by atoms with Crippen molar-refractivity contribution in [3.05, 3.63) is 29.3 Å². The Labute approximate surface area is 120 Å². The molecule has 0 heterocycles. The van der Waals surface area contributed by atoms with Gasteiger partial charge in [0, 0.05) is 11.3 Å². The van der Waals surface area contributed by atoms with Crippen molar-refractivity contribution in [1.29, 1.82) is 0 Å². The number of hydrogen-bond acceptors (Lipinski definition) is 3. The molecule has 0 aromatic heterocycles. The predicted octanol–water partition coefficient (Wildman–Crippen LogP) is 3.50. The van der Waals surface area contributed by atoms with Crippen LogP contribution in [-0.2, 0) is 9.53 Å². The first-order chi connectivity index (χ1) is 9.51. The summed E-state index contributed by atoms with van der Waals surface area (Å²) in [7, 11) is 0. The molecule has 0 aliphatic carbocycles. The third kappa shape index (κ3) is 4.70. The molecule has 21 heavy (non-hydrogen) atoms. The number of carboxylic acid groups (broad SMARTS) is 1.